The molecule has 0 spiro atoms. The van der Waals surface area contributed by atoms with Gasteiger partial charge in [0.25, 0.3) is 0 Å². The molecule has 1 unspecified atom stereocenters. The summed E-state index contributed by atoms with van der Waals surface area (Å²) in [5.74, 6) is 1.58. The van der Waals surface area contributed by atoms with Crippen molar-refractivity contribution in [2.24, 2.45) is 11.8 Å². The fraction of sp³-hybridized carbons (Fsp3) is 0.962. The maximum absolute atomic E-state index is 12.1. The molecule has 340 valence electrons. The molecule has 0 aromatic rings. The largest absolute Gasteiger partial charge is 0.466 e. The summed E-state index contributed by atoms with van der Waals surface area (Å²) >= 11 is 0. The van der Waals surface area contributed by atoms with Gasteiger partial charge in [0.05, 0.1) is 13.2 Å². The highest BCUT2D eigenvalue weighted by Crippen LogP contribution is 2.25. The van der Waals surface area contributed by atoms with Gasteiger partial charge in [0.1, 0.15) is 0 Å². The van der Waals surface area contributed by atoms with Crippen LogP contribution in [-0.2, 0) is 19.1 Å². The Hall–Kier alpha value is -1.06. The van der Waals surface area contributed by atoms with Crippen LogP contribution in [0.15, 0.2) is 0 Å². The van der Waals surface area contributed by atoms with Gasteiger partial charge < -0.3 is 9.47 Å². The van der Waals surface area contributed by atoms with Crippen molar-refractivity contribution in [3.8, 4) is 0 Å². The predicted octanol–water partition coefficient (Wildman–Crippen LogP) is 18.2. The first-order chi connectivity index (χ1) is 28.0. The molecule has 0 rings (SSSR count). The Bertz CT molecular complexity index is 794. The average molecular weight is 805 g/mol. The van der Waals surface area contributed by atoms with Crippen LogP contribution in [0.25, 0.3) is 0 Å². The lowest BCUT2D eigenvalue weighted by Crippen LogP contribution is -2.09. The minimum Gasteiger partial charge on any atom is -0.466 e. The second-order valence-corrected chi connectivity index (χ2v) is 18.6. The van der Waals surface area contributed by atoms with Crippen LogP contribution in [0.2, 0.25) is 0 Å². The van der Waals surface area contributed by atoms with Gasteiger partial charge in [0.15, 0.2) is 0 Å². The molecule has 57 heavy (non-hydrogen) atoms. The first-order valence-corrected chi connectivity index (χ1v) is 26.3. The van der Waals surface area contributed by atoms with E-state index in [2.05, 4.69) is 27.7 Å². The Morgan fingerprint density at radius 3 is 0.807 bits per heavy atom. The van der Waals surface area contributed by atoms with Crippen molar-refractivity contribution in [1.29, 1.82) is 0 Å². The van der Waals surface area contributed by atoms with Crippen molar-refractivity contribution in [2.45, 2.75) is 304 Å². The summed E-state index contributed by atoms with van der Waals surface area (Å²) in [7, 11) is 0. The zero-order valence-electron chi connectivity index (χ0n) is 39.6. The topological polar surface area (TPSA) is 52.6 Å². The summed E-state index contributed by atoms with van der Waals surface area (Å²) in [5, 5.41) is 0. The van der Waals surface area contributed by atoms with E-state index >= 15 is 0 Å². The third-order valence-corrected chi connectivity index (χ3v) is 12.6. The van der Waals surface area contributed by atoms with Gasteiger partial charge in [-0.25, -0.2) is 0 Å². The van der Waals surface area contributed by atoms with Gasteiger partial charge in [-0.3, -0.25) is 9.59 Å². The average Bonchev–Trinajstić information content (AvgIpc) is 3.20. The molecule has 0 N–H and O–H groups in total. The molecule has 0 aliphatic heterocycles. The smallest absolute Gasteiger partial charge is 0.305 e. The number of ether oxygens (including phenoxy) is 2. The monoisotopic (exact) mass is 805 g/mol. The normalized spacial score (nSPS) is 12.1. The number of carbonyl (C=O) groups is 2. The fourth-order valence-corrected chi connectivity index (χ4v) is 8.51. The van der Waals surface area contributed by atoms with Crippen LogP contribution in [0.4, 0.5) is 0 Å². The van der Waals surface area contributed by atoms with Gasteiger partial charge in [-0.2, -0.15) is 0 Å². The first-order valence-electron chi connectivity index (χ1n) is 26.3. The molecule has 1 atom stereocenters. The minimum absolute atomic E-state index is 0.0102. The molecule has 0 saturated heterocycles. The number of rotatable bonds is 48. The molecule has 0 aromatic carbocycles. The van der Waals surface area contributed by atoms with E-state index in [1.54, 1.807) is 0 Å². The van der Waals surface area contributed by atoms with E-state index in [1.165, 1.54) is 238 Å². The summed E-state index contributed by atoms with van der Waals surface area (Å²) in [6.07, 6.45) is 55.1. The maximum atomic E-state index is 12.1. The fourth-order valence-electron chi connectivity index (χ4n) is 8.51. The molecule has 0 bridgehead atoms. The van der Waals surface area contributed by atoms with Crippen molar-refractivity contribution >= 4 is 11.9 Å². The quantitative estimate of drug-likeness (QED) is 0.0454. The lowest BCUT2D eigenvalue weighted by Gasteiger charge is -2.20. The third-order valence-electron chi connectivity index (χ3n) is 12.6. The minimum atomic E-state index is 0.0102. The summed E-state index contributed by atoms with van der Waals surface area (Å²) in [5.41, 5.74) is 0. The molecular formula is C53H104O4. The van der Waals surface area contributed by atoms with Crippen LogP contribution in [-0.4, -0.2) is 25.2 Å². The van der Waals surface area contributed by atoms with Crippen LogP contribution in [0, 0.1) is 11.8 Å². The van der Waals surface area contributed by atoms with E-state index in [1.807, 2.05) is 0 Å². The van der Waals surface area contributed by atoms with Crippen molar-refractivity contribution in [2.75, 3.05) is 13.2 Å². The van der Waals surface area contributed by atoms with Crippen molar-refractivity contribution < 1.29 is 19.1 Å². The summed E-state index contributed by atoms with van der Waals surface area (Å²) in [6, 6.07) is 0. The van der Waals surface area contributed by atoms with Crippen molar-refractivity contribution in [1.82, 2.24) is 0 Å². The number of hydrogen-bond acceptors (Lipinski definition) is 4. The molecule has 0 heterocycles. The summed E-state index contributed by atoms with van der Waals surface area (Å²) < 4.78 is 11.0. The number of hydrogen-bond donors (Lipinski definition) is 0. The lowest BCUT2D eigenvalue weighted by molar-refractivity contribution is -0.144. The van der Waals surface area contributed by atoms with Crippen molar-refractivity contribution in [3.63, 3.8) is 0 Å². The highest BCUT2D eigenvalue weighted by Gasteiger charge is 2.13. The van der Waals surface area contributed by atoms with Gasteiger partial charge >= 0.3 is 11.9 Å². The summed E-state index contributed by atoms with van der Waals surface area (Å²) in [4.78, 5) is 24.2. The second kappa shape index (κ2) is 47.6. The highest BCUT2D eigenvalue weighted by molar-refractivity contribution is 5.69. The molecule has 4 nitrogen and oxygen atoms in total. The number of unbranched alkanes of at least 4 members (excludes halogenated alkanes) is 35. The van der Waals surface area contributed by atoms with Crippen LogP contribution in [0.3, 0.4) is 0 Å². The van der Waals surface area contributed by atoms with E-state index < -0.39 is 0 Å². The van der Waals surface area contributed by atoms with Crippen LogP contribution in [0.1, 0.15) is 304 Å². The second-order valence-electron chi connectivity index (χ2n) is 18.6. The van der Waals surface area contributed by atoms with Crippen LogP contribution < -0.4 is 0 Å². The molecule has 4 heteroatoms. The Morgan fingerprint density at radius 1 is 0.316 bits per heavy atom. The lowest BCUT2D eigenvalue weighted by atomic mass is 9.85. The molecule has 0 aliphatic carbocycles. The SMILES string of the molecule is CCCCCCCCCCCCCCCCCC(=O)OCCCCCCCC(CCCCCCOC(=O)CCCCCCCCCCCCCCCCC)C(C)C. The van der Waals surface area contributed by atoms with Crippen molar-refractivity contribution in [3.05, 3.63) is 0 Å². The van der Waals surface area contributed by atoms with Gasteiger partial charge in [-0.15, -0.1) is 0 Å². The highest BCUT2D eigenvalue weighted by atomic mass is 16.5. The van der Waals surface area contributed by atoms with Crippen LogP contribution >= 0.6 is 0 Å². The zero-order valence-corrected chi connectivity index (χ0v) is 39.6. The maximum Gasteiger partial charge on any atom is 0.305 e. The third kappa shape index (κ3) is 45.9. The first kappa shape index (κ1) is 55.9. The predicted molar refractivity (Wildman–Crippen MR) is 250 cm³/mol. The van der Waals surface area contributed by atoms with E-state index in [0.29, 0.717) is 26.1 Å². The van der Waals surface area contributed by atoms with Crippen LogP contribution in [0.5, 0.6) is 0 Å². The Morgan fingerprint density at radius 2 is 0.544 bits per heavy atom. The number of esters is 2. The Balaban J connectivity index is 3.47. The Labute approximate surface area is 358 Å². The van der Waals surface area contributed by atoms with E-state index in [0.717, 1.165) is 37.5 Å². The molecule has 0 amide bonds. The zero-order chi connectivity index (χ0) is 41.5. The molecule has 0 saturated carbocycles. The molecule has 0 fully saturated rings. The van der Waals surface area contributed by atoms with E-state index in [4.69, 9.17) is 9.47 Å². The molecule has 0 aromatic heterocycles. The van der Waals surface area contributed by atoms with Gasteiger partial charge in [0.2, 0.25) is 0 Å². The van der Waals surface area contributed by atoms with E-state index in [9.17, 15) is 9.59 Å². The molecule has 0 radical (unpaired) electrons. The standard InChI is InChI=1S/C53H104O4/c1-5-7-9-11-13-15-17-19-21-23-25-27-29-33-40-46-52(54)56-48-42-36-31-32-38-44-51(50(3)4)45-39-35-37-43-49-57-53(55)47-41-34-30-28-26-24-22-20-18-16-14-12-10-8-6-2/h50-51H,5-49H2,1-4H3. The van der Waals surface area contributed by atoms with Gasteiger partial charge in [0, 0.05) is 12.8 Å². The van der Waals surface area contributed by atoms with Gasteiger partial charge in [-0.1, -0.05) is 265 Å². The van der Waals surface area contributed by atoms with Gasteiger partial charge in [-0.05, 0) is 37.5 Å². The van der Waals surface area contributed by atoms with E-state index in [-0.39, 0.29) is 11.9 Å². The number of carbonyl (C=O) groups excluding carboxylic acids is 2. The molecular weight excluding hydrogens is 701 g/mol. The Kier molecular flexibility index (Phi) is 46.7. The summed E-state index contributed by atoms with van der Waals surface area (Å²) in [6.45, 7) is 10.6. The molecule has 0 aliphatic rings.